The van der Waals surface area contributed by atoms with Crippen LogP contribution in [0.25, 0.3) is 0 Å². The number of rotatable bonds is 5. The zero-order valence-corrected chi connectivity index (χ0v) is 10.3. The van der Waals surface area contributed by atoms with Gasteiger partial charge in [-0.3, -0.25) is 4.79 Å². The minimum absolute atomic E-state index is 0.120. The normalized spacial score (nSPS) is 12.2. The molecule has 3 N–H and O–H groups in total. The summed E-state index contributed by atoms with van der Waals surface area (Å²) < 4.78 is 13.3. The quantitative estimate of drug-likeness (QED) is 0.827. The monoisotopic (exact) mass is 238 g/mol. The van der Waals surface area contributed by atoms with Crippen LogP contribution in [0.4, 0.5) is 10.1 Å². The van der Waals surface area contributed by atoms with Crippen LogP contribution in [0.15, 0.2) is 18.2 Å². The molecule has 94 valence electrons. The SMILES string of the molecule is CCC(CN)CC(=O)Nc1ccc(C)c(F)c1. The summed E-state index contributed by atoms with van der Waals surface area (Å²) in [5.41, 5.74) is 6.59. The smallest absolute Gasteiger partial charge is 0.224 e. The molecule has 1 aromatic rings. The van der Waals surface area contributed by atoms with E-state index in [0.717, 1.165) is 6.42 Å². The van der Waals surface area contributed by atoms with Crippen molar-refractivity contribution in [1.82, 2.24) is 0 Å². The summed E-state index contributed by atoms with van der Waals surface area (Å²) in [6.45, 7) is 4.17. The number of hydrogen-bond donors (Lipinski definition) is 2. The second-order valence-corrected chi connectivity index (χ2v) is 4.23. The Bertz CT molecular complexity index is 389. The fourth-order valence-electron chi connectivity index (χ4n) is 1.54. The van der Waals surface area contributed by atoms with E-state index in [1.807, 2.05) is 6.92 Å². The molecule has 0 aromatic heterocycles. The van der Waals surface area contributed by atoms with Crippen molar-refractivity contribution in [1.29, 1.82) is 0 Å². The highest BCUT2D eigenvalue weighted by Crippen LogP contribution is 2.15. The van der Waals surface area contributed by atoms with E-state index in [1.54, 1.807) is 19.1 Å². The predicted molar refractivity (Wildman–Crippen MR) is 67.2 cm³/mol. The van der Waals surface area contributed by atoms with Gasteiger partial charge in [0.25, 0.3) is 0 Å². The lowest BCUT2D eigenvalue weighted by Crippen LogP contribution is -2.21. The first-order valence-electron chi connectivity index (χ1n) is 5.82. The zero-order valence-electron chi connectivity index (χ0n) is 10.3. The molecule has 0 aliphatic carbocycles. The number of carbonyl (C=O) groups excluding carboxylic acids is 1. The van der Waals surface area contributed by atoms with Crippen molar-refractivity contribution in [3.05, 3.63) is 29.6 Å². The number of amides is 1. The minimum atomic E-state index is -0.311. The highest BCUT2D eigenvalue weighted by Gasteiger charge is 2.11. The van der Waals surface area contributed by atoms with Crippen molar-refractivity contribution < 1.29 is 9.18 Å². The molecule has 0 spiro atoms. The maximum atomic E-state index is 13.3. The van der Waals surface area contributed by atoms with Gasteiger partial charge in [0.1, 0.15) is 5.82 Å². The summed E-state index contributed by atoms with van der Waals surface area (Å²) in [6.07, 6.45) is 1.24. The molecule has 0 heterocycles. The maximum absolute atomic E-state index is 13.3. The van der Waals surface area contributed by atoms with Gasteiger partial charge in [0.2, 0.25) is 5.91 Å². The molecule has 1 atom stereocenters. The molecule has 0 saturated heterocycles. The molecule has 1 aromatic carbocycles. The van der Waals surface area contributed by atoms with Crippen LogP contribution in [-0.4, -0.2) is 12.5 Å². The van der Waals surface area contributed by atoms with Crippen molar-refractivity contribution in [2.75, 3.05) is 11.9 Å². The van der Waals surface area contributed by atoms with Gasteiger partial charge in [-0.05, 0) is 37.1 Å². The molecule has 4 heteroatoms. The van der Waals surface area contributed by atoms with Crippen LogP contribution in [0.3, 0.4) is 0 Å². The van der Waals surface area contributed by atoms with Gasteiger partial charge in [-0.2, -0.15) is 0 Å². The van der Waals surface area contributed by atoms with E-state index in [9.17, 15) is 9.18 Å². The van der Waals surface area contributed by atoms with Crippen LogP contribution in [0.2, 0.25) is 0 Å². The third kappa shape index (κ3) is 4.15. The molecular formula is C13H19FN2O. The zero-order chi connectivity index (χ0) is 12.8. The van der Waals surface area contributed by atoms with Gasteiger partial charge in [-0.15, -0.1) is 0 Å². The number of nitrogens with one attached hydrogen (secondary N) is 1. The fourth-order valence-corrected chi connectivity index (χ4v) is 1.54. The van der Waals surface area contributed by atoms with Crippen LogP contribution in [-0.2, 0) is 4.79 Å². The van der Waals surface area contributed by atoms with Crippen LogP contribution in [0, 0.1) is 18.7 Å². The number of anilines is 1. The van der Waals surface area contributed by atoms with E-state index < -0.39 is 0 Å². The molecule has 0 saturated carbocycles. The number of halogens is 1. The third-order valence-electron chi connectivity index (χ3n) is 2.84. The lowest BCUT2D eigenvalue weighted by molar-refractivity contribution is -0.117. The summed E-state index contributed by atoms with van der Waals surface area (Å²) in [6, 6.07) is 4.67. The average molecular weight is 238 g/mol. The highest BCUT2D eigenvalue weighted by atomic mass is 19.1. The lowest BCUT2D eigenvalue weighted by Gasteiger charge is -2.12. The van der Waals surface area contributed by atoms with Crippen LogP contribution < -0.4 is 11.1 Å². The first kappa shape index (κ1) is 13.6. The van der Waals surface area contributed by atoms with Gasteiger partial charge < -0.3 is 11.1 Å². The molecule has 0 aliphatic heterocycles. The van der Waals surface area contributed by atoms with E-state index in [-0.39, 0.29) is 17.6 Å². The van der Waals surface area contributed by atoms with Crippen molar-refractivity contribution in [3.8, 4) is 0 Å². The van der Waals surface area contributed by atoms with Gasteiger partial charge in [-0.25, -0.2) is 4.39 Å². The molecule has 0 radical (unpaired) electrons. The minimum Gasteiger partial charge on any atom is -0.330 e. The molecule has 1 amide bonds. The van der Waals surface area contributed by atoms with E-state index in [2.05, 4.69) is 5.32 Å². The maximum Gasteiger partial charge on any atom is 0.224 e. The van der Waals surface area contributed by atoms with E-state index in [0.29, 0.717) is 24.2 Å². The molecule has 0 bridgehead atoms. The predicted octanol–water partition coefficient (Wildman–Crippen LogP) is 2.45. The third-order valence-corrected chi connectivity index (χ3v) is 2.84. The van der Waals surface area contributed by atoms with Gasteiger partial charge in [0.15, 0.2) is 0 Å². The molecular weight excluding hydrogens is 219 g/mol. The molecule has 3 nitrogen and oxygen atoms in total. The van der Waals surface area contributed by atoms with Crippen LogP contribution >= 0.6 is 0 Å². The number of carbonyl (C=O) groups is 1. The molecule has 1 rings (SSSR count). The summed E-state index contributed by atoms with van der Waals surface area (Å²) in [5, 5.41) is 2.67. The van der Waals surface area contributed by atoms with E-state index >= 15 is 0 Å². The number of benzene rings is 1. The van der Waals surface area contributed by atoms with Gasteiger partial charge in [0, 0.05) is 12.1 Å². The van der Waals surface area contributed by atoms with Crippen molar-refractivity contribution in [2.24, 2.45) is 11.7 Å². The summed E-state index contributed by atoms with van der Waals surface area (Å²) >= 11 is 0. The van der Waals surface area contributed by atoms with Gasteiger partial charge in [0.05, 0.1) is 0 Å². The first-order valence-corrected chi connectivity index (χ1v) is 5.82. The second kappa shape index (κ2) is 6.35. The Morgan fingerprint density at radius 1 is 1.53 bits per heavy atom. The lowest BCUT2D eigenvalue weighted by atomic mass is 10.0. The largest absolute Gasteiger partial charge is 0.330 e. The van der Waals surface area contributed by atoms with Gasteiger partial charge >= 0.3 is 0 Å². The number of aryl methyl sites for hydroxylation is 1. The highest BCUT2D eigenvalue weighted by molar-refractivity contribution is 5.90. The van der Waals surface area contributed by atoms with E-state index in [4.69, 9.17) is 5.73 Å². The van der Waals surface area contributed by atoms with Crippen LogP contribution in [0.1, 0.15) is 25.3 Å². The first-order chi connectivity index (χ1) is 8.06. The topological polar surface area (TPSA) is 55.1 Å². The Balaban J connectivity index is 2.58. The van der Waals surface area contributed by atoms with Crippen molar-refractivity contribution in [3.63, 3.8) is 0 Å². The van der Waals surface area contributed by atoms with Crippen LogP contribution in [0.5, 0.6) is 0 Å². The summed E-state index contributed by atoms with van der Waals surface area (Å²) in [7, 11) is 0. The number of nitrogens with two attached hydrogens (primary N) is 1. The van der Waals surface area contributed by atoms with Gasteiger partial charge in [-0.1, -0.05) is 19.4 Å². The Hall–Kier alpha value is -1.42. The second-order valence-electron chi connectivity index (χ2n) is 4.23. The average Bonchev–Trinajstić information content (AvgIpc) is 2.31. The summed E-state index contributed by atoms with van der Waals surface area (Å²) in [4.78, 5) is 11.6. The summed E-state index contributed by atoms with van der Waals surface area (Å²) in [5.74, 6) is -0.246. The molecule has 1 unspecified atom stereocenters. The number of hydrogen-bond acceptors (Lipinski definition) is 2. The Kier molecular flexibility index (Phi) is 5.10. The molecule has 0 aliphatic rings. The molecule has 0 fully saturated rings. The Labute approximate surface area is 101 Å². The standard InChI is InChI=1S/C13H19FN2O/c1-3-10(8-15)6-13(17)16-11-5-4-9(2)12(14)7-11/h4-5,7,10H,3,6,8,15H2,1-2H3,(H,16,17). The van der Waals surface area contributed by atoms with Crippen molar-refractivity contribution in [2.45, 2.75) is 26.7 Å². The Morgan fingerprint density at radius 2 is 2.24 bits per heavy atom. The van der Waals surface area contributed by atoms with Crippen molar-refractivity contribution >= 4 is 11.6 Å². The van der Waals surface area contributed by atoms with E-state index in [1.165, 1.54) is 6.07 Å². The fraction of sp³-hybridized carbons (Fsp3) is 0.462. The Morgan fingerprint density at radius 3 is 2.76 bits per heavy atom. The molecule has 17 heavy (non-hydrogen) atoms.